The molecule has 1 N–H and O–H groups in total. The van der Waals surface area contributed by atoms with E-state index in [1.807, 2.05) is 37.3 Å². The maximum atomic E-state index is 13.5. The number of Topliss-reactive ketones (excluding diaryl/α,β-unsaturated/α-hetero) is 1. The van der Waals surface area contributed by atoms with Crippen LogP contribution in [0, 0.1) is 5.82 Å². The number of carbonyl (C=O) groups excluding carboxylic acids is 2. The Balaban J connectivity index is 1.78. The first-order chi connectivity index (χ1) is 15.0. The van der Waals surface area contributed by atoms with Gasteiger partial charge in [0.25, 0.3) is 11.7 Å². The van der Waals surface area contributed by atoms with Crippen molar-refractivity contribution in [2.45, 2.75) is 13.5 Å². The van der Waals surface area contributed by atoms with Crippen LogP contribution >= 0.6 is 11.6 Å². The summed E-state index contributed by atoms with van der Waals surface area (Å²) in [7, 11) is 0. The highest BCUT2D eigenvalue weighted by Gasteiger charge is 2.28. The number of aromatic nitrogens is 1. The van der Waals surface area contributed by atoms with Crippen molar-refractivity contribution in [3.05, 3.63) is 94.8 Å². The molecule has 0 radical (unpaired) electrons. The van der Waals surface area contributed by atoms with Gasteiger partial charge >= 0.3 is 0 Å². The van der Waals surface area contributed by atoms with Crippen molar-refractivity contribution >= 4 is 34.2 Å². The third kappa shape index (κ3) is 4.23. The van der Waals surface area contributed by atoms with Crippen LogP contribution in [0.3, 0.4) is 0 Å². The molecule has 3 aromatic carbocycles. The van der Waals surface area contributed by atoms with Gasteiger partial charge in [0.05, 0.1) is 11.3 Å². The molecular formula is C25H20ClFN2O2. The molecule has 0 aliphatic heterocycles. The summed E-state index contributed by atoms with van der Waals surface area (Å²) in [6.07, 6.45) is 0. The Kier molecular flexibility index (Phi) is 5.87. The summed E-state index contributed by atoms with van der Waals surface area (Å²) >= 11 is 6.18. The zero-order valence-corrected chi connectivity index (χ0v) is 17.6. The molecule has 0 saturated carbocycles. The van der Waals surface area contributed by atoms with Gasteiger partial charge in [-0.1, -0.05) is 41.9 Å². The maximum Gasteiger partial charge on any atom is 0.295 e. The number of benzene rings is 3. The normalized spacial score (nSPS) is 10.9. The number of rotatable bonds is 6. The van der Waals surface area contributed by atoms with Crippen molar-refractivity contribution in [2.75, 3.05) is 6.54 Å². The fourth-order valence-corrected chi connectivity index (χ4v) is 3.79. The van der Waals surface area contributed by atoms with Crippen LogP contribution in [0.1, 0.15) is 22.8 Å². The number of hydrogen-bond acceptors (Lipinski definition) is 2. The summed E-state index contributed by atoms with van der Waals surface area (Å²) in [4.78, 5) is 31.4. The number of H-pyrrole nitrogens is 1. The Morgan fingerprint density at radius 2 is 1.71 bits per heavy atom. The highest BCUT2D eigenvalue weighted by atomic mass is 35.5. The zero-order chi connectivity index (χ0) is 22.0. The summed E-state index contributed by atoms with van der Waals surface area (Å²) in [6.45, 7) is 2.55. The van der Waals surface area contributed by atoms with E-state index in [1.54, 1.807) is 30.3 Å². The van der Waals surface area contributed by atoms with E-state index in [1.165, 1.54) is 17.0 Å². The minimum absolute atomic E-state index is 0.237. The quantitative estimate of drug-likeness (QED) is 0.305. The number of carbonyl (C=O) groups is 2. The number of nitrogens with zero attached hydrogens (tertiary/aromatic N) is 1. The largest absolute Gasteiger partial charge is 0.354 e. The minimum Gasteiger partial charge on any atom is -0.354 e. The molecule has 1 amide bonds. The first kappa shape index (κ1) is 20.8. The average Bonchev–Trinajstić information content (AvgIpc) is 3.16. The first-order valence-electron chi connectivity index (χ1n) is 9.92. The van der Waals surface area contributed by atoms with Crippen molar-refractivity contribution in [2.24, 2.45) is 0 Å². The van der Waals surface area contributed by atoms with Crippen LogP contribution in [-0.4, -0.2) is 28.1 Å². The van der Waals surface area contributed by atoms with Gasteiger partial charge in [0.2, 0.25) is 0 Å². The highest BCUT2D eigenvalue weighted by Crippen LogP contribution is 2.33. The number of aromatic amines is 1. The summed E-state index contributed by atoms with van der Waals surface area (Å²) < 4.78 is 13.5. The van der Waals surface area contributed by atoms with Gasteiger partial charge in [-0.25, -0.2) is 4.39 Å². The molecule has 156 valence electrons. The Hall–Kier alpha value is -3.44. The number of hydrogen-bond donors (Lipinski definition) is 1. The van der Waals surface area contributed by atoms with Crippen LogP contribution in [0.4, 0.5) is 4.39 Å². The lowest BCUT2D eigenvalue weighted by Gasteiger charge is -2.20. The average molecular weight is 435 g/mol. The molecule has 1 aromatic heterocycles. The van der Waals surface area contributed by atoms with Crippen molar-refractivity contribution in [3.63, 3.8) is 0 Å². The molecule has 0 aliphatic rings. The lowest BCUT2D eigenvalue weighted by Crippen LogP contribution is -2.36. The highest BCUT2D eigenvalue weighted by molar-refractivity contribution is 6.46. The second-order valence-electron chi connectivity index (χ2n) is 7.21. The fourth-order valence-electron chi connectivity index (χ4n) is 3.61. The SMILES string of the molecule is CCN(Cc1ccccc1)C(=O)C(=O)c1c(-c2ccc(F)cc2)[nH]c2ccc(Cl)cc12. The van der Waals surface area contributed by atoms with Crippen molar-refractivity contribution in [1.29, 1.82) is 0 Å². The van der Waals surface area contributed by atoms with E-state index in [0.29, 0.717) is 40.3 Å². The van der Waals surface area contributed by atoms with E-state index in [4.69, 9.17) is 11.6 Å². The van der Waals surface area contributed by atoms with Gasteiger partial charge in [-0.05, 0) is 60.5 Å². The molecule has 0 fully saturated rings. The van der Waals surface area contributed by atoms with Gasteiger partial charge in [-0.2, -0.15) is 0 Å². The Labute approximate surface area is 184 Å². The summed E-state index contributed by atoms with van der Waals surface area (Å²) in [5, 5.41) is 1.01. The number of amides is 1. The lowest BCUT2D eigenvalue weighted by atomic mass is 10.0. The van der Waals surface area contributed by atoms with E-state index < -0.39 is 11.7 Å². The van der Waals surface area contributed by atoms with Gasteiger partial charge in [0.15, 0.2) is 0 Å². The van der Waals surface area contributed by atoms with Gasteiger partial charge in [0.1, 0.15) is 5.82 Å². The molecule has 0 unspecified atom stereocenters. The van der Waals surface area contributed by atoms with E-state index in [9.17, 15) is 14.0 Å². The van der Waals surface area contributed by atoms with E-state index in [0.717, 1.165) is 5.56 Å². The molecule has 0 spiro atoms. The fraction of sp³-hybridized carbons (Fsp3) is 0.120. The predicted octanol–water partition coefficient (Wildman–Crippen LogP) is 5.86. The second-order valence-corrected chi connectivity index (χ2v) is 7.64. The minimum atomic E-state index is -0.634. The number of ketones is 1. The maximum absolute atomic E-state index is 13.5. The molecular weight excluding hydrogens is 415 g/mol. The summed E-state index contributed by atoms with van der Waals surface area (Å²) in [5.74, 6) is -1.62. The topological polar surface area (TPSA) is 53.2 Å². The van der Waals surface area contributed by atoms with Crippen molar-refractivity contribution < 1.29 is 14.0 Å². The van der Waals surface area contributed by atoms with Gasteiger partial charge < -0.3 is 9.88 Å². The number of halogens is 2. The standard InChI is InChI=1S/C25H20ClFN2O2/c1-2-29(15-16-6-4-3-5-7-16)25(31)24(30)22-20-14-18(26)10-13-21(20)28-23(22)17-8-11-19(27)12-9-17/h3-14,28H,2,15H2,1H3. The Morgan fingerprint density at radius 1 is 1.00 bits per heavy atom. The van der Waals surface area contributed by atoms with Crippen molar-refractivity contribution in [1.82, 2.24) is 9.88 Å². The number of fused-ring (bicyclic) bond motifs is 1. The smallest absolute Gasteiger partial charge is 0.295 e. The van der Waals surface area contributed by atoms with Crippen LogP contribution < -0.4 is 0 Å². The monoisotopic (exact) mass is 434 g/mol. The van der Waals surface area contributed by atoms with Crippen LogP contribution in [0.25, 0.3) is 22.2 Å². The molecule has 4 aromatic rings. The molecule has 0 aliphatic carbocycles. The first-order valence-corrected chi connectivity index (χ1v) is 10.3. The molecule has 4 rings (SSSR count). The number of nitrogens with one attached hydrogen (secondary N) is 1. The molecule has 4 nitrogen and oxygen atoms in total. The molecule has 0 bridgehead atoms. The second kappa shape index (κ2) is 8.74. The molecule has 31 heavy (non-hydrogen) atoms. The van der Waals surface area contributed by atoms with E-state index in [-0.39, 0.29) is 11.4 Å². The molecule has 0 atom stereocenters. The van der Waals surface area contributed by atoms with Gasteiger partial charge in [-0.15, -0.1) is 0 Å². The summed E-state index contributed by atoms with van der Waals surface area (Å²) in [5.41, 5.74) is 2.92. The lowest BCUT2D eigenvalue weighted by molar-refractivity contribution is -0.126. The third-order valence-electron chi connectivity index (χ3n) is 5.20. The molecule has 0 saturated heterocycles. The van der Waals surface area contributed by atoms with E-state index in [2.05, 4.69) is 4.98 Å². The molecule has 1 heterocycles. The third-order valence-corrected chi connectivity index (χ3v) is 5.44. The zero-order valence-electron chi connectivity index (χ0n) is 16.9. The van der Waals surface area contributed by atoms with Crippen LogP contribution in [0.5, 0.6) is 0 Å². The number of likely N-dealkylation sites (N-methyl/N-ethyl adjacent to an activating group) is 1. The summed E-state index contributed by atoms with van der Waals surface area (Å²) in [6, 6.07) is 20.4. The van der Waals surface area contributed by atoms with Gasteiger partial charge in [-0.3, -0.25) is 9.59 Å². The predicted molar refractivity (Wildman–Crippen MR) is 121 cm³/mol. The van der Waals surface area contributed by atoms with Gasteiger partial charge in [0, 0.05) is 29.0 Å². The van der Waals surface area contributed by atoms with E-state index >= 15 is 0 Å². The molecule has 6 heteroatoms. The van der Waals surface area contributed by atoms with Crippen LogP contribution in [-0.2, 0) is 11.3 Å². The van der Waals surface area contributed by atoms with Crippen LogP contribution in [0.2, 0.25) is 5.02 Å². The van der Waals surface area contributed by atoms with Crippen molar-refractivity contribution in [3.8, 4) is 11.3 Å². The Morgan fingerprint density at radius 3 is 2.39 bits per heavy atom. The van der Waals surface area contributed by atoms with Crippen LogP contribution in [0.15, 0.2) is 72.8 Å². The Bertz CT molecular complexity index is 1250.